The highest BCUT2D eigenvalue weighted by molar-refractivity contribution is 5.83. The van der Waals surface area contributed by atoms with E-state index in [9.17, 15) is 4.79 Å². The molecule has 0 unspecified atom stereocenters. The molecule has 4 heteroatoms. The van der Waals surface area contributed by atoms with Crippen LogP contribution >= 0.6 is 0 Å². The van der Waals surface area contributed by atoms with Crippen molar-refractivity contribution in [3.8, 4) is 11.1 Å². The van der Waals surface area contributed by atoms with Crippen molar-refractivity contribution in [1.29, 1.82) is 0 Å². The summed E-state index contributed by atoms with van der Waals surface area (Å²) in [6.07, 6.45) is 5.31. The number of hydrogen-bond acceptors (Lipinski definition) is 3. The summed E-state index contributed by atoms with van der Waals surface area (Å²) in [7, 11) is 1.75. The van der Waals surface area contributed by atoms with Crippen molar-refractivity contribution in [2.75, 3.05) is 26.7 Å². The normalized spacial score (nSPS) is 19.8. The first-order valence-electron chi connectivity index (χ1n) is 11.1. The van der Waals surface area contributed by atoms with E-state index < -0.39 is 0 Å². The van der Waals surface area contributed by atoms with Crippen LogP contribution in [0.4, 0.5) is 0 Å². The third kappa shape index (κ3) is 4.86. The molecule has 0 saturated carbocycles. The molecule has 2 heterocycles. The minimum atomic E-state index is -0.374. The van der Waals surface area contributed by atoms with E-state index in [1.807, 2.05) is 12.3 Å². The summed E-state index contributed by atoms with van der Waals surface area (Å²) in [4.78, 5) is 19.6. The van der Waals surface area contributed by atoms with Crippen molar-refractivity contribution >= 4 is 5.91 Å². The maximum absolute atomic E-state index is 13.0. The number of carbonyl (C=O) groups excluding carboxylic acids is 1. The molecule has 1 aromatic heterocycles. The van der Waals surface area contributed by atoms with Crippen LogP contribution in [0.2, 0.25) is 0 Å². The summed E-state index contributed by atoms with van der Waals surface area (Å²) in [5, 5.41) is 2.94. The molecule has 1 aliphatic heterocycles. The van der Waals surface area contributed by atoms with Gasteiger partial charge in [0.05, 0.1) is 5.41 Å². The van der Waals surface area contributed by atoms with E-state index >= 15 is 0 Å². The Morgan fingerprint density at radius 1 is 1.06 bits per heavy atom. The molecule has 0 spiro atoms. The fourth-order valence-electron chi connectivity index (χ4n) is 4.80. The maximum Gasteiger partial charge on any atom is 0.227 e. The minimum absolute atomic E-state index is 0.152. The Bertz CT molecular complexity index is 988. The molecule has 3 aromatic rings. The van der Waals surface area contributed by atoms with E-state index in [4.69, 9.17) is 0 Å². The second-order valence-corrected chi connectivity index (χ2v) is 8.77. The first kappa shape index (κ1) is 21.3. The number of pyridine rings is 1. The lowest BCUT2D eigenvalue weighted by atomic mass is 9.79. The minimum Gasteiger partial charge on any atom is -0.359 e. The molecule has 0 aliphatic carbocycles. The van der Waals surface area contributed by atoms with Gasteiger partial charge in [0.15, 0.2) is 0 Å². The topological polar surface area (TPSA) is 45.2 Å². The lowest BCUT2D eigenvalue weighted by Gasteiger charge is -2.29. The Morgan fingerprint density at radius 2 is 1.84 bits per heavy atom. The summed E-state index contributed by atoms with van der Waals surface area (Å²) >= 11 is 0. The average molecular weight is 414 g/mol. The molecule has 1 amide bonds. The molecular formula is C27H31N3O. The number of aromatic nitrogens is 1. The lowest BCUT2D eigenvalue weighted by Crippen LogP contribution is -2.43. The van der Waals surface area contributed by atoms with Crippen LogP contribution in [0, 0.1) is 5.41 Å². The molecule has 1 aliphatic rings. The van der Waals surface area contributed by atoms with Crippen molar-refractivity contribution in [2.24, 2.45) is 5.41 Å². The van der Waals surface area contributed by atoms with Crippen molar-refractivity contribution in [3.63, 3.8) is 0 Å². The highest BCUT2D eigenvalue weighted by Crippen LogP contribution is 2.36. The Morgan fingerprint density at radius 3 is 2.52 bits per heavy atom. The number of rotatable bonds is 7. The molecule has 160 valence electrons. The summed E-state index contributed by atoms with van der Waals surface area (Å²) < 4.78 is 0. The number of nitrogens with zero attached hydrogens (tertiary/aromatic N) is 2. The van der Waals surface area contributed by atoms with E-state index in [0.717, 1.165) is 43.6 Å². The third-order valence-electron chi connectivity index (χ3n) is 6.53. The van der Waals surface area contributed by atoms with E-state index in [1.54, 1.807) is 13.2 Å². The molecule has 0 radical (unpaired) electrons. The van der Waals surface area contributed by atoms with Crippen LogP contribution < -0.4 is 5.32 Å². The van der Waals surface area contributed by atoms with Gasteiger partial charge in [0.25, 0.3) is 0 Å². The van der Waals surface area contributed by atoms with Gasteiger partial charge in [-0.3, -0.25) is 9.78 Å². The van der Waals surface area contributed by atoms with Crippen LogP contribution in [0.1, 0.15) is 30.4 Å². The predicted molar refractivity (Wildman–Crippen MR) is 126 cm³/mol. The monoisotopic (exact) mass is 413 g/mol. The molecule has 1 N–H and O–H groups in total. The van der Waals surface area contributed by atoms with Gasteiger partial charge in [-0.15, -0.1) is 0 Å². The molecule has 31 heavy (non-hydrogen) atoms. The Hall–Kier alpha value is -2.98. The number of nitrogens with one attached hydrogen (secondary N) is 1. The zero-order valence-electron chi connectivity index (χ0n) is 18.4. The molecule has 4 nitrogen and oxygen atoms in total. The van der Waals surface area contributed by atoms with Crippen LogP contribution in [0.5, 0.6) is 0 Å². The summed E-state index contributed by atoms with van der Waals surface area (Å²) in [5.41, 5.74) is 4.44. The maximum atomic E-state index is 13.0. The molecule has 4 rings (SSSR count). The summed E-state index contributed by atoms with van der Waals surface area (Å²) in [6.45, 7) is 5.00. The molecular weight excluding hydrogens is 382 g/mol. The number of hydrogen-bond donors (Lipinski definition) is 1. The molecule has 0 bridgehead atoms. The van der Waals surface area contributed by atoms with Crippen molar-refractivity contribution in [3.05, 3.63) is 90.3 Å². The molecule has 2 aromatic carbocycles. The van der Waals surface area contributed by atoms with E-state index in [0.29, 0.717) is 5.92 Å². The van der Waals surface area contributed by atoms with Crippen LogP contribution in [0.15, 0.2) is 79.1 Å². The van der Waals surface area contributed by atoms with Gasteiger partial charge in [0.1, 0.15) is 0 Å². The first-order valence-corrected chi connectivity index (χ1v) is 11.1. The Labute approximate surface area is 185 Å². The van der Waals surface area contributed by atoms with Gasteiger partial charge < -0.3 is 10.2 Å². The van der Waals surface area contributed by atoms with Crippen LogP contribution in [-0.4, -0.2) is 42.5 Å². The molecule has 2 atom stereocenters. The second-order valence-electron chi connectivity index (χ2n) is 8.77. The van der Waals surface area contributed by atoms with Crippen molar-refractivity contribution in [2.45, 2.75) is 25.7 Å². The quantitative estimate of drug-likeness (QED) is 0.619. The lowest BCUT2D eigenvalue weighted by molar-refractivity contribution is -0.130. The van der Waals surface area contributed by atoms with Gasteiger partial charge in [-0.1, -0.05) is 67.6 Å². The van der Waals surface area contributed by atoms with Gasteiger partial charge in [0, 0.05) is 32.5 Å². The van der Waals surface area contributed by atoms with Crippen LogP contribution in [0.25, 0.3) is 11.1 Å². The standard InChI is InChI=1S/C27H31N3O/c1-21(23-7-4-3-5-8-23)19-30-16-14-27(20-30,26(31)28-2)17-22-10-12-24(13-11-22)25-9-6-15-29-18-25/h3-13,15,18,21H,14,16-17,19-20H2,1-2H3,(H,28,31)/t21-,27+/m1/s1. The summed E-state index contributed by atoms with van der Waals surface area (Å²) in [6, 6.07) is 23.2. The number of amides is 1. The van der Waals surface area contributed by atoms with Crippen LogP contribution in [0.3, 0.4) is 0 Å². The highest BCUT2D eigenvalue weighted by atomic mass is 16.2. The van der Waals surface area contributed by atoms with Crippen molar-refractivity contribution in [1.82, 2.24) is 15.2 Å². The van der Waals surface area contributed by atoms with Gasteiger partial charge >= 0.3 is 0 Å². The van der Waals surface area contributed by atoms with Crippen molar-refractivity contribution < 1.29 is 4.79 Å². The van der Waals surface area contributed by atoms with Gasteiger partial charge in [-0.05, 0) is 53.6 Å². The third-order valence-corrected chi connectivity index (χ3v) is 6.53. The number of carbonyl (C=O) groups is 1. The average Bonchev–Trinajstić information content (AvgIpc) is 3.23. The second kappa shape index (κ2) is 9.44. The highest BCUT2D eigenvalue weighted by Gasteiger charge is 2.44. The number of likely N-dealkylation sites (tertiary alicyclic amines) is 1. The van der Waals surface area contributed by atoms with Gasteiger partial charge in [-0.25, -0.2) is 0 Å². The zero-order chi connectivity index (χ0) is 21.7. The van der Waals surface area contributed by atoms with E-state index in [2.05, 4.69) is 82.8 Å². The van der Waals surface area contributed by atoms with E-state index in [1.165, 1.54) is 11.1 Å². The van der Waals surface area contributed by atoms with Gasteiger partial charge in [-0.2, -0.15) is 0 Å². The fraction of sp³-hybridized carbons (Fsp3) is 0.333. The first-order chi connectivity index (χ1) is 15.1. The Balaban J connectivity index is 1.47. The molecule has 1 fully saturated rings. The van der Waals surface area contributed by atoms with Gasteiger partial charge in [0.2, 0.25) is 5.91 Å². The SMILES string of the molecule is CNC(=O)[C@]1(Cc2ccc(-c3cccnc3)cc2)CCN(C[C@@H](C)c2ccccc2)C1. The number of benzene rings is 2. The predicted octanol–water partition coefficient (Wildman–Crippen LogP) is 4.53. The van der Waals surface area contributed by atoms with E-state index in [-0.39, 0.29) is 11.3 Å². The Kier molecular flexibility index (Phi) is 6.47. The smallest absolute Gasteiger partial charge is 0.227 e. The van der Waals surface area contributed by atoms with Crippen LogP contribution in [-0.2, 0) is 11.2 Å². The zero-order valence-corrected chi connectivity index (χ0v) is 18.4. The summed E-state index contributed by atoms with van der Waals surface area (Å²) in [5.74, 6) is 0.596. The fourth-order valence-corrected chi connectivity index (χ4v) is 4.80. The largest absolute Gasteiger partial charge is 0.359 e. The molecule has 1 saturated heterocycles.